The summed E-state index contributed by atoms with van der Waals surface area (Å²) in [6.45, 7) is 1.80. The third-order valence-electron chi connectivity index (χ3n) is 2.22. The molecular weight excluding hydrogens is 212 g/mol. The van der Waals surface area contributed by atoms with E-state index in [-0.39, 0.29) is 17.8 Å². The lowest BCUT2D eigenvalue weighted by Crippen LogP contribution is -2.12. The number of carbonyl (C=O) groups is 1. The lowest BCUT2D eigenvalue weighted by molar-refractivity contribution is -0.119. The van der Waals surface area contributed by atoms with E-state index < -0.39 is 17.6 Å². The molecule has 0 N–H and O–H groups in total. The van der Waals surface area contributed by atoms with Crippen LogP contribution in [0.1, 0.15) is 31.2 Å². The van der Waals surface area contributed by atoms with Crippen molar-refractivity contribution in [3.63, 3.8) is 0 Å². The van der Waals surface area contributed by atoms with Crippen molar-refractivity contribution in [1.29, 1.82) is 5.26 Å². The second-order valence-corrected chi connectivity index (χ2v) is 3.44. The van der Waals surface area contributed by atoms with Gasteiger partial charge in [0.2, 0.25) is 0 Å². The molecule has 4 heteroatoms. The molecule has 1 atom stereocenters. The fourth-order valence-electron chi connectivity index (χ4n) is 1.44. The average molecular weight is 223 g/mol. The Morgan fingerprint density at radius 2 is 2.19 bits per heavy atom. The van der Waals surface area contributed by atoms with Gasteiger partial charge in [-0.3, -0.25) is 4.79 Å². The predicted octanol–water partition coefficient (Wildman–Crippen LogP) is 2.94. The van der Waals surface area contributed by atoms with Crippen LogP contribution in [-0.4, -0.2) is 5.78 Å². The molecule has 0 bridgehead atoms. The number of hydrogen-bond donors (Lipinski definition) is 0. The first-order valence-corrected chi connectivity index (χ1v) is 4.97. The van der Waals surface area contributed by atoms with Gasteiger partial charge < -0.3 is 0 Å². The van der Waals surface area contributed by atoms with Gasteiger partial charge in [-0.1, -0.05) is 13.0 Å². The fraction of sp³-hybridized carbons (Fsp3) is 0.333. The normalized spacial score (nSPS) is 11.9. The molecule has 0 saturated carbocycles. The first kappa shape index (κ1) is 12.3. The second kappa shape index (κ2) is 5.36. The highest BCUT2D eigenvalue weighted by Crippen LogP contribution is 2.22. The van der Waals surface area contributed by atoms with E-state index in [0.29, 0.717) is 12.5 Å². The topological polar surface area (TPSA) is 40.9 Å². The molecule has 1 rings (SSSR count). The lowest BCUT2D eigenvalue weighted by Gasteiger charge is -2.08. The van der Waals surface area contributed by atoms with Crippen LogP contribution in [-0.2, 0) is 4.79 Å². The van der Waals surface area contributed by atoms with Gasteiger partial charge in [0.05, 0.1) is 6.07 Å². The Morgan fingerprint density at radius 1 is 1.50 bits per heavy atom. The number of rotatable bonds is 4. The minimum atomic E-state index is -1.14. The van der Waals surface area contributed by atoms with E-state index in [2.05, 4.69) is 0 Å². The summed E-state index contributed by atoms with van der Waals surface area (Å²) >= 11 is 0. The molecule has 1 aromatic carbocycles. The number of ketones is 1. The summed E-state index contributed by atoms with van der Waals surface area (Å²) in [6.07, 6.45) is 0.814. The molecule has 0 aliphatic heterocycles. The number of benzene rings is 1. The van der Waals surface area contributed by atoms with Gasteiger partial charge in [0.25, 0.3) is 0 Å². The lowest BCUT2D eigenvalue weighted by atomic mass is 9.93. The number of hydrogen-bond acceptors (Lipinski definition) is 2. The van der Waals surface area contributed by atoms with Gasteiger partial charge in [-0.05, 0) is 12.5 Å². The maximum atomic E-state index is 13.3. The van der Waals surface area contributed by atoms with Gasteiger partial charge in [-0.15, -0.1) is 0 Å². The minimum Gasteiger partial charge on any atom is -0.298 e. The van der Waals surface area contributed by atoms with Crippen molar-refractivity contribution in [2.75, 3.05) is 0 Å². The van der Waals surface area contributed by atoms with E-state index in [1.807, 2.05) is 0 Å². The van der Waals surface area contributed by atoms with Crippen molar-refractivity contribution >= 4 is 5.78 Å². The zero-order chi connectivity index (χ0) is 12.1. The van der Waals surface area contributed by atoms with Gasteiger partial charge in [0.1, 0.15) is 17.6 Å². The molecule has 0 saturated heterocycles. The van der Waals surface area contributed by atoms with Gasteiger partial charge in [-0.25, -0.2) is 8.78 Å². The van der Waals surface area contributed by atoms with E-state index in [9.17, 15) is 13.6 Å². The van der Waals surface area contributed by atoms with E-state index >= 15 is 0 Å². The summed E-state index contributed by atoms with van der Waals surface area (Å²) in [6, 6.07) is 4.62. The molecular formula is C12H11F2NO. The Bertz CT molecular complexity index is 437. The zero-order valence-electron chi connectivity index (χ0n) is 8.84. The molecule has 1 unspecified atom stereocenters. The summed E-state index contributed by atoms with van der Waals surface area (Å²) in [5, 5.41) is 8.84. The standard InChI is InChI=1S/C12H11F2NO/c1-2-3-12(16)10(7-15)9-5-4-8(13)6-11(9)14/h4-6,10H,2-3H2,1H3. The van der Waals surface area contributed by atoms with E-state index in [1.165, 1.54) is 0 Å². The van der Waals surface area contributed by atoms with E-state index in [1.54, 1.807) is 13.0 Å². The highest BCUT2D eigenvalue weighted by Gasteiger charge is 2.22. The van der Waals surface area contributed by atoms with Crippen LogP contribution in [0.4, 0.5) is 8.78 Å². The third-order valence-corrected chi connectivity index (χ3v) is 2.22. The largest absolute Gasteiger partial charge is 0.298 e. The van der Waals surface area contributed by atoms with Crippen LogP contribution in [0.25, 0.3) is 0 Å². The van der Waals surface area contributed by atoms with Gasteiger partial charge in [0.15, 0.2) is 5.78 Å². The van der Waals surface area contributed by atoms with Crippen LogP contribution in [0, 0.1) is 23.0 Å². The quantitative estimate of drug-likeness (QED) is 0.787. The summed E-state index contributed by atoms with van der Waals surface area (Å²) in [5.74, 6) is -3.05. The predicted molar refractivity (Wildman–Crippen MR) is 54.6 cm³/mol. The fourth-order valence-corrected chi connectivity index (χ4v) is 1.44. The molecule has 0 radical (unpaired) electrons. The van der Waals surface area contributed by atoms with Gasteiger partial charge in [0, 0.05) is 18.1 Å². The van der Waals surface area contributed by atoms with E-state index in [0.717, 1.165) is 12.1 Å². The van der Waals surface area contributed by atoms with Crippen LogP contribution >= 0.6 is 0 Å². The van der Waals surface area contributed by atoms with E-state index in [4.69, 9.17) is 5.26 Å². The molecule has 0 aromatic heterocycles. The number of nitrogens with zero attached hydrogens (tertiary/aromatic N) is 1. The Balaban J connectivity index is 3.05. The Hall–Kier alpha value is -1.76. The van der Waals surface area contributed by atoms with Gasteiger partial charge in [-0.2, -0.15) is 5.26 Å². The first-order chi connectivity index (χ1) is 7.60. The van der Waals surface area contributed by atoms with Crippen LogP contribution in [0.3, 0.4) is 0 Å². The van der Waals surface area contributed by atoms with Crippen molar-refractivity contribution in [2.45, 2.75) is 25.7 Å². The number of halogens is 2. The molecule has 0 aliphatic rings. The Morgan fingerprint density at radius 3 is 2.69 bits per heavy atom. The average Bonchev–Trinajstić information content (AvgIpc) is 2.22. The summed E-state index contributed by atoms with van der Waals surface area (Å²) in [4.78, 5) is 11.5. The number of carbonyl (C=O) groups excluding carboxylic acids is 1. The molecule has 0 fully saturated rings. The van der Waals surface area contributed by atoms with Crippen LogP contribution < -0.4 is 0 Å². The summed E-state index contributed by atoms with van der Waals surface area (Å²) in [7, 11) is 0. The Kier molecular flexibility index (Phi) is 4.12. The number of nitriles is 1. The van der Waals surface area contributed by atoms with Crippen LogP contribution in [0.15, 0.2) is 18.2 Å². The number of Topliss-reactive ketones (excluding diaryl/α,β-unsaturated/α-hetero) is 1. The highest BCUT2D eigenvalue weighted by atomic mass is 19.1. The maximum absolute atomic E-state index is 13.3. The molecule has 16 heavy (non-hydrogen) atoms. The van der Waals surface area contributed by atoms with Crippen molar-refractivity contribution in [3.8, 4) is 6.07 Å². The summed E-state index contributed by atoms with van der Waals surface area (Å²) in [5.41, 5.74) is -0.0534. The zero-order valence-corrected chi connectivity index (χ0v) is 8.84. The molecule has 2 nitrogen and oxygen atoms in total. The molecule has 84 valence electrons. The first-order valence-electron chi connectivity index (χ1n) is 4.97. The SMILES string of the molecule is CCCC(=O)C(C#N)c1ccc(F)cc1F. The van der Waals surface area contributed by atoms with Crippen LogP contribution in [0.5, 0.6) is 0 Å². The van der Waals surface area contributed by atoms with Gasteiger partial charge >= 0.3 is 0 Å². The summed E-state index contributed by atoms with van der Waals surface area (Å²) < 4.78 is 26.0. The minimum absolute atomic E-state index is 0.0534. The highest BCUT2D eigenvalue weighted by molar-refractivity contribution is 5.88. The van der Waals surface area contributed by atoms with Crippen molar-refractivity contribution in [1.82, 2.24) is 0 Å². The van der Waals surface area contributed by atoms with Crippen molar-refractivity contribution in [2.24, 2.45) is 0 Å². The molecule has 1 aromatic rings. The van der Waals surface area contributed by atoms with Crippen LogP contribution in [0.2, 0.25) is 0 Å². The molecule has 0 spiro atoms. The molecule has 0 aliphatic carbocycles. The molecule has 0 amide bonds. The smallest absolute Gasteiger partial charge is 0.154 e. The monoisotopic (exact) mass is 223 g/mol. The van der Waals surface area contributed by atoms with Crippen molar-refractivity contribution in [3.05, 3.63) is 35.4 Å². The van der Waals surface area contributed by atoms with Crippen molar-refractivity contribution < 1.29 is 13.6 Å². The molecule has 0 heterocycles. The Labute approximate surface area is 92.5 Å². The maximum Gasteiger partial charge on any atom is 0.154 e. The third kappa shape index (κ3) is 2.63. The second-order valence-electron chi connectivity index (χ2n) is 3.44.